The zero-order valence-electron chi connectivity index (χ0n) is 15.3. The predicted molar refractivity (Wildman–Crippen MR) is 105 cm³/mol. The molecule has 0 aliphatic heterocycles. The minimum Gasteiger partial charge on any atom is -0.496 e. The van der Waals surface area contributed by atoms with Crippen LogP contribution in [0.3, 0.4) is 0 Å². The first kappa shape index (κ1) is 20.7. The molecule has 2 aromatic rings. The first-order chi connectivity index (χ1) is 12.9. The minimum atomic E-state index is -3.62. The van der Waals surface area contributed by atoms with E-state index in [2.05, 4.69) is 4.72 Å². The van der Waals surface area contributed by atoms with Gasteiger partial charge in [0.05, 0.1) is 13.5 Å². The standard InChI is InChI=1S/C20H23NO5S/c1-16-8-9-19(25-2)18(14-16)15-26-20(22)10-12-21-27(23,24)13-11-17-6-4-3-5-7-17/h3-9,11,13-14,21H,10,12,15H2,1-2H3/b13-11+. The second-order valence-electron chi connectivity index (χ2n) is 5.88. The number of aryl methyl sites for hydroxylation is 1. The van der Waals surface area contributed by atoms with Crippen molar-refractivity contribution in [1.82, 2.24) is 4.72 Å². The minimum absolute atomic E-state index is 0.0365. The van der Waals surface area contributed by atoms with Gasteiger partial charge in [-0.25, -0.2) is 13.1 Å². The summed E-state index contributed by atoms with van der Waals surface area (Å²) in [5, 5.41) is 1.07. The van der Waals surface area contributed by atoms with Crippen molar-refractivity contribution in [2.24, 2.45) is 0 Å². The van der Waals surface area contributed by atoms with Crippen LogP contribution in [0.5, 0.6) is 5.75 Å². The van der Waals surface area contributed by atoms with Crippen molar-refractivity contribution in [3.05, 3.63) is 70.6 Å². The maximum absolute atomic E-state index is 11.9. The van der Waals surface area contributed by atoms with E-state index in [1.165, 1.54) is 6.08 Å². The van der Waals surface area contributed by atoms with Gasteiger partial charge >= 0.3 is 5.97 Å². The van der Waals surface area contributed by atoms with Crippen molar-refractivity contribution in [1.29, 1.82) is 0 Å². The number of sulfonamides is 1. The zero-order valence-corrected chi connectivity index (χ0v) is 16.2. The Bertz CT molecular complexity index is 892. The Morgan fingerprint density at radius 2 is 1.89 bits per heavy atom. The van der Waals surface area contributed by atoms with Crippen LogP contribution < -0.4 is 9.46 Å². The van der Waals surface area contributed by atoms with Crippen LogP contribution in [0.1, 0.15) is 23.1 Å². The summed E-state index contributed by atoms with van der Waals surface area (Å²) >= 11 is 0. The molecule has 27 heavy (non-hydrogen) atoms. The fraction of sp³-hybridized carbons (Fsp3) is 0.250. The van der Waals surface area contributed by atoms with Gasteiger partial charge in [0.25, 0.3) is 0 Å². The summed E-state index contributed by atoms with van der Waals surface area (Å²) in [4.78, 5) is 11.9. The molecule has 0 aliphatic carbocycles. The van der Waals surface area contributed by atoms with Gasteiger partial charge in [-0.3, -0.25) is 4.79 Å². The van der Waals surface area contributed by atoms with E-state index >= 15 is 0 Å². The van der Waals surface area contributed by atoms with E-state index in [-0.39, 0.29) is 19.6 Å². The Hall–Kier alpha value is -2.64. The molecule has 0 fully saturated rings. The lowest BCUT2D eigenvalue weighted by atomic mass is 10.1. The third-order valence-electron chi connectivity index (χ3n) is 3.70. The van der Waals surface area contributed by atoms with E-state index in [9.17, 15) is 13.2 Å². The number of benzene rings is 2. The Morgan fingerprint density at radius 1 is 1.15 bits per heavy atom. The van der Waals surface area contributed by atoms with Gasteiger partial charge in [-0.15, -0.1) is 0 Å². The van der Waals surface area contributed by atoms with Crippen molar-refractivity contribution in [3.63, 3.8) is 0 Å². The molecule has 0 heterocycles. The molecule has 0 saturated carbocycles. The van der Waals surface area contributed by atoms with Crippen LogP contribution in [-0.2, 0) is 26.2 Å². The van der Waals surface area contributed by atoms with Gasteiger partial charge in [-0.2, -0.15) is 0 Å². The molecule has 0 aliphatic rings. The van der Waals surface area contributed by atoms with Crippen LogP contribution in [0.15, 0.2) is 53.9 Å². The van der Waals surface area contributed by atoms with Crippen LogP contribution in [0, 0.1) is 6.92 Å². The Kier molecular flexibility index (Phi) is 7.57. The molecule has 1 N–H and O–H groups in total. The Morgan fingerprint density at radius 3 is 2.59 bits per heavy atom. The van der Waals surface area contributed by atoms with Gasteiger partial charge in [0.1, 0.15) is 12.4 Å². The average molecular weight is 389 g/mol. The smallest absolute Gasteiger partial charge is 0.307 e. The van der Waals surface area contributed by atoms with Gasteiger partial charge in [-0.1, -0.05) is 42.0 Å². The van der Waals surface area contributed by atoms with E-state index in [0.29, 0.717) is 5.75 Å². The first-order valence-electron chi connectivity index (χ1n) is 8.41. The van der Waals surface area contributed by atoms with Gasteiger partial charge in [0, 0.05) is 17.5 Å². The van der Waals surface area contributed by atoms with Gasteiger partial charge < -0.3 is 9.47 Å². The van der Waals surface area contributed by atoms with Gasteiger partial charge in [0.2, 0.25) is 10.0 Å². The third-order valence-corrected chi connectivity index (χ3v) is 4.80. The number of hydrogen-bond donors (Lipinski definition) is 1. The monoisotopic (exact) mass is 389 g/mol. The normalized spacial score (nSPS) is 11.5. The van der Waals surface area contributed by atoms with Crippen LogP contribution in [0.25, 0.3) is 6.08 Å². The molecule has 0 bridgehead atoms. The first-order valence-corrected chi connectivity index (χ1v) is 9.96. The highest BCUT2D eigenvalue weighted by atomic mass is 32.2. The number of methoxy groups -OCH3 is 1. The second kappa shape index (κ2) is 9.89. The zero-order chi connectivity index (χ0) is 19.7. The van der Waals surface area contributed by atoms with E-state index < -0.39 is 16.0 Å². The largest absolute Gasteiger partial charge is 0.496 e. The number of esters is 1. The molecule has 0 radical (unpaired) electrons. The maximum atomic E-state index is 11.9. The number of carbonyl (C=O) groups is 1. The topological polar surface area (TPSA) is 81.7 Å². The molecule has 0 unspecified atom stereocenters. The van der Waals surface area contributed by atoms with Crippen LogP contribution in [0.4, 0.5) is 0 Å². The van der Waals surface area contributed by atoms with Crippen molar-refractivity contribution < 1.29 is 22.7 Å². The Balaban J connectivity index is 1.79. The lowest BCUT2D eigenvalue weighted by Crippen LogP contribution is -2.24. The number of nitrogens with one attached hydrogen (secondary N) is 1. The summed E-state index contributed by atoms with van der Waals surface area (Å²) in [7, 11) is -2.07. The molecule has 0 saturated heterocycles. The van der Waals surface area contributed by atoms with Gasteiger partial charge in [0.15, 0.2) is 0 Å². The molecule has 6 nitrogen and oxygen atoms in total. The molecule has 144 valence electrons. The van der Waals surface area contributed by atoms with Crippen LogP contribution >= 0.6 is 0 Å². The van der Waals surface area contributed by atoms with Crippen LogP contribution in [-0.4, -0.2) is 28.0 Å². The fourth-order valence-electron chi connectivity index (χ4n) is 2.33. The molecular formula is C20H23NO5S. The van der Waals surface area contributed by atoms with E-state index in [4.69, 9.17) is 9.47 Å². The summed E-state index contributed by atoms with van der Waals surface area (Å²) in [5.41, 5.74) is 2.56. The lowest BCUT2D eigenvalue weighted by molar-refractivity contribution is -0.144. The summed E-state index contributed by atoms with van der Waals surface area (Å²) in [6.45, 7) is 1.97. The highest BCUT2D eigenvalue weighted by Crippen LogP contribution is 2.20. The van der Waals surface area contributed by atoms with Crippen LogP contribution in [0.2, 0.25) is 0 Å². The summed E-state index contributed by atoms with van der Waals surface area (Å²) in [6, 6.07) is 14.7. The molecule has 0 spiro atoms. The van der Waals surface area contributed by atoms with E-state index in [1.807, 2.05) is 43.3 Å². The fourth-order valence-corrected chi connectivity index (χ4v) is 3.15. The summed E-state index contributed by atoms with van der Waals surface area (Å²) in [5.74, 6) is 0.147. The Labute approximate surface area is 159 Å². The van der Waals surface area contributed by atoms with E-state index in [1.54, 1.807) is 19.2 Å². The molecule has 0 aromatic heterocycles. The SMILES string of the molecule is COc1ccc(C)cc1COC(=O)CCNS(=O)(=O)/C=C/c1ccccc1. The molecule has 0 atom stereocenters. The lowest BCUT2D eigenvalue weighted by Gasteiger charge is -2.10. The van der Waals surface area contributed by atoms with Crippen molar-refractivity contribution in [3.8, 4) is 5.75 Å². The molecule has 7 heteroatoms. The number of carbonyl (C=O) groups excluding carboxylic acids is 1. The molecule has 0 amide bonds. The van der Waals surface area contributed by atoms with Crippen molar-refractivity contribution in [2.45, 2.75) is 20.0 Å². The van der Waals surface area contributed by atoms with Crippen molar-refractivity contribution in [2.75, 3.05) is 13.7 Å². The number of hydrogen-bond acceptors (Lipinski definition) is 5. The molecular weight excluding hydrogens is 366 g/mol. The van der Waals surface area contributed by atoms with E-state index in [0.717, 1.165) is 22.1 Å². The molecule has 2 rings (SSSR count). The maximum Gasteiger partial charge on any atom is 0.307 e. The summed E-state index contributed by atoms with van der Waals surface area (Å²) in [6.07, 6.45) is 1.43. The third kappa shape index (κ3) is 7.24. The quantitative estimate of drug-likeness (QED) is 0.667. The average Bonchev–Trinajstić information content (AvgIpc) is 2.65. The summed E-state index contributed by atoms with van der Waals surface area (Å²) < 4.78 is 36.6. The number of ether oxygens (including phenoxy) is 2. The second-order valence-corrected chi connectivity index (χ2v) is 7.53. The number of rotatable bonds is 9. The predicted octanol–water partition coefficient (Wildman–Crippen LogP) is 3.03. The molecule has 2 aromatic carbocycles. The highest BCUT2D eigenvalue weighted by molar-refractivity contribution is 7.92. The van der Waals surface area contributed by atoms with Gasteiger partial charge in [-0.05, 0) is 30.7 Å². The highest BCUT2D eigenvalue weighted by Gasteiger charge is 2.10. The van der Waals surface area contributed by atoms with Crippen molar-refractivity contribution >= 4 is 22.1 Å².